The Kier molecular flexibility index (Phi) is 5.78. The number of carbonyl (C=O) groups excluding carboxylic acids is 1. The standard InChI is InChI=1S/C20H18ClN3O3/c1-26-16-5-3-4-13(10-16)23-15-8-9-22-18(12-15)20(25)24-14-6-7-19(27-2)17(21)11-14/h3-12H,1-2H3,(H,22,23)(H,24,25). The van der Waals surface area contributed by atoms with Crippen LogP contribution in [-0.2, 0) is 0 Å². The lowest BCUT2D eigenvalue weighted by atomic mass is 10.2. The molecule has 2 aromatic carbocycles. The number of carbonyl (C=O) groups is 1. The number of rotatable bonds is 6. The molecule has 0 aliphatic carbocycles. The van der Waals surface area contributed by atoms with Crippen molar-refractivity contribution < 1.29 is 14.3 Å². The van der Waals surface area contributed by atoms with Gasteiger partial charge in [-0.2, -0.15) is 0 Å². The van der Waals surface area contributed by atoms with Crippen molar-refractivity contribution in [2.24, 2.45) is 0 Å². The number of nitrogens with zero attached hydrogens (tertiary/aromatic N) is 1. The summed E-state index contributed by atoms with van der Waals surface area (Å²) in [5.74, 6) is 0.936. The van der Waals surface area contributed by atoms with Crippen molar-refractivity contribution in [1.29, 1.82) is 0 Å². The summed E-state index contributed by atoms with van der Waals surface area (Å²) in [7, 11) is 3.14. The Balaban J connectivity index is 1.74. The molecule has 0 saturated heterocycles. The molecular formula is C20H18ClN3O3. The molecule has 0 unspecified atom stereocenters. The molecule has 0 saturated carbocycles. The fraction of sp³-hybridized carbons (Fsp3) is 0.100. The lowest BCUT2D eigenvalue weighted by Gasteiger charge is -2.10. The Morgan fingerprint density at radius 2 is 1.78 bits per heavy atom. The summed E-state index contributed by atoms with van der Waals surface area (Å²) in [6.07, 6.45) is 1.57. The summed E-state index contributed by atoms with van der Waals surface area (Å²) < 4.78 is 10.3. The predicted octanol–water partition coefficient (Wildman–Crippen LogP) is 4.75. The minimum absolute atomic E-state index is 0.273. The molecule has 0 fully saturated rings. The summed E-state index contributed by atoms with van der Waals surface area (Å²) in [4.78, 5) is 16.6. The van der Waals surface area contributed by atoms with E-state index in [0.29, 0.717) is 16.5 Å². The van der Waals surface area contributed by atoms with Gasteiger partial charge in [-0.25, -0.2) is 0 Å². The van der Waals surface area contributed by atoms with Gasteiger partial charge in [0, 0.05) is 29.3 Å². The SMILES string of the molecule is COc1cccc(Nc2ccnc(C(=O)Nc3ccc(OC)c(Cl)c3)c2)c1. The van der Waals surface area contributed by atoms with E-state index in [9.17, 15) is 4.79 Å². The van der Waals surface area contributed by atoms with E-state index < -0.39 is 0 Å². The van der Waals surface area contributed by atoms with Crippen molar-refractivity contribution >= 4 is 34.6 Å². The highest BCUT2D eigenvalue weighted by atomic mass is 35.5. The number of anilines is 3. The molecule has 27 heavy (non-hydrogen) atoms. The van der Waals surface area contributed by atoms with Crippen LogP contribution in [0.5, 0.6) is 11.5 Å². The van der Waals surface area contributed by atoms with Gasteiger partial charge >= 0.3 is 0 Å². The van der Waals surface area contributed by atoms with Crippen LogP contribution in [-0.4, -0.2) is 25.1 Å². The average molecular weight is 384 g/mol. The highest BCUT2D eigenvalue weighted by Crippen LogP contribution is 2.27. The quantitative estimate of drug-likeness (QED) is 0.642. The minimum atomic E-state index is -0.342. The molecular weight excluding hydrogens is 366 g/mol. The lowest BCUT2D eigenvalue weighted by Crippen LogP contribution is -2.13. The first-order valence-corrected chi connectivity index (χ1v) is 8.49. The minimum Gasteiger partial charge on any atom is -0.497 e. The first-order chi connectivity index (χ1) is 13.1. The third-order valence-corrected chi connectivity index (χ3v) is 4.06. The molecule has 3 rings (SSSR count). The zero-order valence-electron chi connectivity index (χ0n) is 14.8. The molecule has 2 N–H and O–H groups in total. The first kappa shape index (κ1) is 18.5. The molecule has 3 aromatic rings. The van der Waals surface area contributed by atoms with Crippen LogP contribution >= 0.6 is 11.6 Å². The van der Waals surface area contributed by atoms with Crippen molar-refractivity contribution in [2.75, 3.05) is 24.9 Å². The van der Waals surface area contributed by atoms with Gasteiger partial charge in [0.1, 0.15) is 17.2 Å². The number of ether oxygens (including phenoxy) is 2. The maximum absolute atomic E-state index is 12.5. The number of halogens is 1. The maximum Gasteiger partial charge on any atom is 0.274 e. The van der Waals surface area contributed by atoms with E-state index in [4.69, 9.17) is 21.1 Å². The summed E-state index contributed by atoms with van der Waals surface area (Å²) >= 11 is 6.09. The van der Waals surface area contributed by atoms with Crippen LogP contribution in [0.15, 0.2) is 60.8 Å². The van der Waals surface area contributed by atoms with Gasteiger partial charge in [0.15, 0.2) is 0 Å². The number of amides is 1. The Bertz CT molecular complexity index is 963. The van der Waals surface area contributed by atoms with Gasteiger partial charge in [-0.3, -0.25) is 9.78 Å². The van der Waals surface area contributed by atoms with E-state index in [1.54, 1.807) is 43.6 Å². The third-order valence-electron chi connectivity index (χ3n) is 3.76. The van der Waals surface area contributed by atoms with Gasteiger partial charge in [0.25, 0.3) is 5.91 Å². The topological polar surface area (TPSA) is 72.5 Å². The summed E-state index contributed by atoms with van der Waals surface area (Å²) in [6.45, 7) is 0. The number of hydrogen-bond acceptors (Lipinski definition) is 5. The zero-order valence-corrected chi connectivity index (χ0v) is 15.6. The summed E-state index contributed by atoms with van der Waals surface area (Å²) in [5, 5.41) is 6.41. The summed E-state index contributed by atoms with van der Waals surface area (Å²) in [5.41, 5.74) is 2.40. The molecule has 0 bridgehead atoms. The van der Waals surface area contributed by atoms with E-state index in [-0.39, 0.29) is 11.6 Å². The highest BCUT2D eigenvalue weighted by Gasteiger charge is 2.10. The van der Waals surface area contributed by atoms with Gasteiger partial charge in [0.05, 0.1) is 19.2 Å². The maximum atomic E-state index is 12.5. The van der Waals surface area contributed by atoms with E-state index >= 15 is 0 Å². The van der Waals surface area contributed by atoms with Gasteiger partial charge in [-0.1, -0.05) is 17.7 Å². The monoisotopic (exact) mass is 383 g/mol. The lowest BCUT2D eigenvalue weighted by molar-refractivity contribution is 0.102. The van der Waals surface area contributed by atoms with Crippen molar-refractivity contribution in [3.8, 4) is 11.5 Å². The van der Waals surface area contributed by atoms with Crippen LogP contribution < -0.4 is 20.1 Å². The second-order valence-corrected chi connectivity index (χ2v) is 6.00. The van der Waals surface area contributed by atoms with Crippen molar-refractivity contribution in [3.63, 3.8) is 0 Å². The number of aromatic nitrogens is 1. The van der Waals surface area contributed by atoms with E-state index in [0.717, 1.165) is 17.1 Å². The zero-order chi connectivity index (χ0) is 19.2. The fourth-order valence-electron chi connectivity index (χ4n) is 2.44. The molecule has 1 aromatic heterocycles. The predicted molar refractivity (Wildman–Crippen MR) is 106 cm³/mol. The van der Waals surface area contributed by atoms with Gasteiger partial charge in [-0.05, 0) is 42.5 Å². The van der Waals surface area contributed by atoms with E-state index in [1.165, 1.54) is 7.11 Å². The molecule has 0 radical (unpaired) electrons. The number of nitrogens with one attached hydrogen (secondary N) is 2. The molecule has 6 nitrogen and oxygen atoms in total. The number of pyridine rings is 1. The molecule has 138 valence electrons. The molecule has 7 heteroatoms. The molecule has 1 heterocycles. The largest absolute Gasteiger partial charge is 0.497 e. The molecule has 1 amide bonds. The van der Waals surface area contributed by atoms with Crippen LogP contribution in [0.3, 0.4) is 0 Å². The fourth-order valence-corrected chi connectivity index (χ4v) is 2.70. The van der Waals surface area contributed by atoms with Crippen LogP contribution in [0, 0.1) is 0 Å². The number of methoxy groups -OCH3 is 2. The molecule has 0 aliphatic heterocycles. The van der Waals surface area contributed by atoms with Gasteiger partial charge in [0.2, 0.25) is 0 Å². The smallest absolute Gasteiger partial charge is 0.274 e. The Morgan fingerprint density at radius 3 is 2.52 bits per heavy atom. The first-order valence-electron chi connectivity index (χ1n) is 8.11. The van der Waals surface area contributed by atoms with Crippen molar-refractivity contribution in [3.05, 3.63) is 71.5 Å². The normalized spacial score (nSPS) is 10.2. The van der Waals surface area contributed by atoms with Crippen LogP contribution in [0.1, 0.15) is 10.5 Å². The van der Waals surface area contributed by atoms with E-state index in [2.05, 4.69) is 15.6 Å². The van der Waals surface area contributed by atoms with Crippen LogP contribution in [0.25, 0.3) is 0 Å². The van der Waals surface area contributed by atoms with Crippen molar-refractivity contribution in [2.45, 2.75) is 0 Å². The number of benzene rings is 2. The third kappa shape index (κ3) is 4.68. The second kappa shape index (κ2) is 8.42. The second-order valence-electron chi connectivity index (χ2n) is 5.59. The Hall–Kier alpha value is -3.25. The number of hydrogen-bond donors (Lipinski definition) is 2. The van der Waals surface area contributed by atoms with Gasteiger partial charge < -0.3 is 20.1 Å². The average Bonchev–Trinajstić information content (AvgIpc) is 2.68. The van der Waals surface area contributed by atoms with E-state index in [1.807, 2.05) is 24.3 Å². The Labute approximate surface area is 162 Å². The van der Waals surface area contributed by atoms with Crippen LogP contribution in [0.4, 0.5) is 17.1 Å². The Morgan fingerprint density at radius 1 is 0.963 bits per heavy atom. The molecule has 0 spiro atoms. The van der Waals surface area contributed by atoms with Crippen LogP contribution in [0.2, 0.25) is 5.02 Å². The molecule has 0 aliphatic rings. The van der Waals surface area contributed by atoms with Crippen molar-refractivity contribution in [1.82, 2.24) is 4.98 Å². The molecule has 0 atom stereocenters. The highest BCUT2D eigenvalue weighted by molar-refractivity contribution is 6.32. The van der Waals surface area contributed by atoms with Gasteiger partial charge in [-0.15, -0.1) is 0 Å². The summed E-state index contributed by atoms with van der Waals surface area (Å²) in [6, 6.07) is 16.0.